The van der Waals surface area contributed by atoms with Gasteiger partial charge in [0, 0.05) is 6.54 Å². The topological polar surface area (TPSA) is 113 Å². The molecule has 0 unspecified atom stereocenters. The van der Waals surface area contributed by atoms with Gasteiger partial charge in [0.1, 0.15) is 23.3 Å². The second-order valence-electron chi connectivity index (χ2n) is 11.0. The van der Waals surface area contributed by atoms with Gasteiger partial charge in [-0.2, -0.15) is 10.2 Å². The summed E-state index contributed by atoms with van der Waals surface area (Å²) in [6.07, 6.45) is 19.5. The molecule has 0 spiro atoms. The lowest BCUT2D eigenvalue weighted by atomic mass is 10.1. The zero-order chi connectivity index (χ0) is 30.0. The van der Waals surface area contributed by atoms with Crippen molar-refractivity contribution in [1.82, 2.24) is 19.5 Å². The van der Waals surface area contributed by atoms with Crippen LogP contribution in [0.3, 0.4) is 0 Å². The fraction of sp³-hybridized carbons (Fsp3) is 0.500. The number of rotatable bonds is 21. The van der Waals surface area contributed by atoms with Crippen molar-refractivity contribution in [3.63, 3.8) is 0 Å². The van der Waals surface area contributed by atoms with Gasteiger partial charge in [-0.05, 0) is 74.2 Å². The number of hydrogen-bond acceptors (Lipinski definition) is 8. The predicted molar refractivity (Wildman–Crippen MR) is 173 cm³/mol. The molecule has 230 valence electrons. The maximum atomic E-state index is 5.90. The molecule has 0 atom stereocenters. The number of aromatic nitrogens is 4. The maximum absolute atomic E-state index is 5.90. The second kappa shape index (κ2) is 18.5. The van der Waals surface area contributed by atoms with E-state index in [1.165, 1.54) is 64.1 Å². The van der Waals surface area contributed by atoms with E-state index in [0.717, 1.165) is 67.4 Å². The van der Waals surface area contributed by atoms with Crippen molar-refractivity contribution in [2.24, 2.45) is 10.2 Å². The summed E-state index contributed by atoms with van der Waals surface area (Å²) < 4.78 is 13.8. The Balaban J connectivity index is 1.05. The van der Waals surface area contributed by atoms with Gasteiger partial charge in [0.05, 0.1) is 30.9 Å². The minimum atomic E-state index is 0.415. The van der Waals surface area contributed by atoms with Crippen molar-refractivity contribution in [3.8, 4) is 11.5 Å². The van der Waals surface area contributed by atoms with Gasteiger partial charge < -0.3 is 19.8 Å². The molecule has 2 N–H and O–H groups in total. The molecule has 0 saturated heterocycles. The van der Waals surface area contributed by atoms with Crippen LogP contribution in [0.5, 0.6) is 11.5 Å². The first-order chi connectivity index (χ1) is 21.2. The molecule has 0 aliphatic carbocycles. The number of hydrogen-bond donors (Lipinski definition) is 1. The van der Waals surface area contributed by atoms with Crippen LogP contribution in [-0.4, -0.2) is 32.7 Å². The number of benzene rings is 2. The van der Waals surface area contributed by atoms with E-state index in [4.69, 9.17) is 15.2 Å². The molecule has 0 radical (unpaired) electrons. The first-order valence-corrected chi connectivity index (χ1v) is 16.0. The number of anilines is 1. The van der Waals surface area contributed by atoms with Crippen molar-refractivity contribution in [1.29, 1.82) is 0 Å². The summed E-state index contributed by atoms with van der Waals surface area (Å²) in [5, 5.41) is 8.71. The molecule has 9 nitrogen and oxygen atoms in total. The average Bonchev–Trinajstić information content (AvgIpc) is 3.46. The third-order valence-corrected chi connectivity index (χ3v) is 7.46. The lowest BCUT2D eigenvalue weighted by Gasteiger charge is -2.07. The Morgan fingerprint density at radius 1 is 0.628 bits per heavy atom. The first-order valence-electron chi connectivity index (χ1n) is 16.0. The van der Waals surface area contributed by atoms with Crippen LogP contribution < -0.4 is 15.2 Å². The number of nitrogens with zero attached hydrogens (tertiary/aromatic N) is 6. The third-order valence-electron chi connectivity index (χ3n) is 7.46. The van der Waals surface area contributed by atoms with Crippen LogP contribution in [0.15, 0.2) is 71.4 Å². The monoisotopic (exact) mass is 585 g/mol. The van der Waals surface area contributed by atoms with Crippen LogP contribution in [-0.2, 0) is 6.54 Å². The van der Waals surface area contributed by atoms with Crippen molar-refractivity contribution >= 4 is 28.4 Å². The number of azo groups is 1. The maximum Gasteiger partial charge on any atom is 0.165 e. The van der Waals surface area contributed by atoms with Gasteiger partial charge in [0.25, 0.3) is 0 Å². The van der Waals surface area contributed by atoms with E-state index in [-0.39, 0.29) is 0 Å². The van der Waals surface area contributed by atoms with Crippen molar-refractivity contribution < 1.29 is 9.47 Å². The fourth-order valence-electron chi connectivity index (χ4n) is 4.93. The molecule has 2 aromatic carbocycles. The number of imidazole rings is 1. The van der Waals surface area contributed by atoms with Crippen molar-refractivity contribution in [2.45, 2.75) is 96.9 Å². The molecule has 0 amide bonds. The lowest BCUT2D eigenvalue weighted by molar-refractivity contribution is 0.304. The van der Waals surface area contributed by atoms with Gasteiger partial charge in [-0.15, -0.1) is 0 Å². The SMILES string of the molecule is CCCCCCCCCCCCOc1ccc(N=Nc2ccc(OCCCCCn3cnc4c(N)ncnc43)cc2)cc1. The second-order valence-corrected chi connectivity index (χ2v) is 11.0. The van der Waals surface area contributed by atoms with Gasteiger partial charge in [-0.25, -0.2) is 15.0 Å². The van der Waals surface area contributed by atoms with E-state index >= 15 is 0 Å². The van der Waals surface area contributed by atoms with Gasteiger partial charge >= 0.3 is 0 Å². The highest BCUT2D eigenvalue weighted by atomic mass is 16.5. The van der Waals surface area contributed by atoms with Crippen molar-refractivity contribution in [3.05, 3.63) is 61.2 Å². The summed E-state index contributed by atoms with van der Waals surface area (Å²) in [6.45, 7) is 4.53. The quantitative estimate of drug-likeness (QED) is 0.0770. The molecule has 2 heterocycles. The molecule has 0 bridgehead atoms. The predicted octanol–water partition coefficient (Wildman–Crippen LogP) is 9.37. The van der Waals surface area contributed by atoms with E-state index in [9.17, 15) is 0 Å². The molecule has 0 fully saturated rings. The molecule has 0 aliphatic rings. The van der Waals surface area contributed by atoms with Crippen LogP contribution in [0, 0.1) is 0 Å². The standard InChI is InChI=1S/C34H47N7O2/c1-2-3-4-5-6-7-8-9-10-13-24-42-30-19-15-28(16-20-30)39-40-29-17-21-31(22-18-29)43-25-14-11-12-23-41-27-38-32-33(35)36-26-37-34(32)41/h15-22,26-27H,2-14,23-25H2,1H3,(H2,35,36,37). The first kappa shape index (κ1) is 31.9. The normalized spacial score (nSPS) is 11.5. The van der Waals surface area contributed by atoms with Crippen LogP contribution >= 0.6 is 0 Å². The van der Waals surface area contributed by atoms with Gasteiger partial charge in [-0.3, -0.25) is 0 Å². The molecule has 9 heteroatoms. The molecular formula is C34H47N7O2. The molecular weight excluding hydrogens is 538 g/mol. The van der Waals surface area contributed by atoms with Crippen molar-refractivity contribution in [2.75, 3.05) is 18.9 Å². The molecule has 0 aliphatic heterocycles. The molecule has 4 rings (SSSR count). The van der Waals surface area contributed by atoms with E-state index in [2.05, 4.69) is 32.1 Å². The number of fused-ring (bicyclic) bond motifs is 1. The lowest BCUT2D eigenvalue weighted by Crippen LogP contribution is -2.01. The number of nitrogens with two attached hydrogens (primary N) is 1. The summed E-state index contributed by atoms with van der Waals surface area (Å²) in [5.74, 6) is 2.13. The van der Waals surface area contributed by atoms with Crippen LogP contribution in [0.2, 0.25) is 0 Å². The summed E-state index contributed by atoms with van der Waals surface area (Å²) in [4.78, 5) is 12.6. The molecule has 0 saturated carbocycles. The molecule has 43 heavy (non-hydrogen) atoms. The van der Waals surface area contributed by atoms with E-state index < -0.39 is 0 Å². The Morgan fingerprint density at radius 3 is 1.70 bits per heavy atom. The van der Waals surface area contributed by atoms with E-state index in [0.29, 0.717) is 17.9 Å². The highest BCUT2D eigenvalue weighted by Crippen LogP contribution is 2.24. The van der Waals surface area contributed by atoms with E-state index in [1.54, 1.807) is 6.33 Å². The number of aryl methyl sites for hydroxylation is 1. The third kappa shape index (κ3) is 11.3. The van der Waals surface area contributed by atoms with Gasteiger partial charge in [0.15, 0.2) is 11.5 Å². The zero-order valence-corrected chi connectivity index (χ0v) is 25.7. The minimum Gasteiger partial charge on any atom is -0.494 e. The Kier molecular flexibility index (Phi) is 13.7. The highest BCUT2D eigenvalue weighted by Gasteiger charge is 2.07. The minimum absolute atomic E-state index is 0.415. The average molecular weight is 586 g/mol. The largest absolute Gasteiger partial charge is 0.494 e. The number of ether oxygens (including phenoxy) is 2. The Morgan fingerprint density at radius 2 is 1.14 bits per heavy atom. The fourth-order valence-corrected chi connectivity index (χ4v) is 4.93. The summed E-state index contributed by atoms with van der Waals surface area (Å²) in [7, 11) is 0. The molecule has 2 aromatic heterocycles. The molecule has 4 aromatic rings. The Hall–Kier alpha value is -4.01. The summed E-state index contributed by atoms with van der Waals surface area (Å²) in [5.41, 5.74) is 8.88. The Bertz CT molecular complexity index is 1350. The zero-order valence-electron chi connectivity index (χ0n) is 25.7. The number of unbranched alkanes of at least 4 members (excludes halogenated alkanes) is 11. The van der Waals surface area contributed by atoms with E-state index in [1.807, 2.05) is 53.1 Å². The van der Waals surface area contributed by atoms with Gasteiger partial charge in [0.2, 0.25) is 0 Å². The van der Waals surface area contributed by atoms with Crippen LogP contribution in [0.1, 0.15) is 90.4 Å². The highest BCUT2D eigenvalue weighted by molar-refractivity contribution is 5.81. The van der Waals surface area contributed by atoms with Crippen LogP contribution in [0.25, 0.3) is 11.2 Å². The smallest absolute Gasteiger partial charge is 0.165 e. The van der Waals surface area contributed by atoms with Gasteiger partial charge in [-0.1, -0.05) is 64.7 Å². The van der Waals surface area contributed by atoms with Crippen LogP contribution in [0.4, 0.5) is 17.2 Å². The number of nitrogen functional groups attached to an aromatic ring is 1. The summed E-state index contributed by atoms with van der Waals surface area (Å²) >= 11 is 0. The summed E-state index contributed by atoms with van der Waals surface area (Å²) in [6, 6.07) is 15.5. The Labute approximate surface area is 256 Å².